The maximum atomic E-state index is 12.0. The van der Waals surface area contributed by atoms with E-state index < -0.39 is 12.0 Å². The number of primary amides is 1. The fourth-order valence-electron chi connectivity index (χ4n) is 6.26. The van der Waals surface area contributed by atoms with Crippen LogP contribution in [0.1, 0.15) is 54.1 Å². The van der Waals surface area contributed by atoms with Crippen LogP contribution >= 0.6 is 0 Å². The number of amides is 1. The molecule has 0 saturated heterocycles. The van der Waals surface area contributed by atoms with Gasteiger partial charge in [-0.1, -0.05) is 37.3 Å². The topological polar surface area (TPSA) is 75.8 Å². The number of aliphatic hydroxyl groups is 1. The van der Waals surface area contributed by atoms with Gasteiger partial charge in [0.15, 0.2) is 0 Å². The van der Waals surface area contributed by atoms with E-state index in [9.17, 15) is 9.90 Å². The Morgan fingerprint density at radius 1 is 1.33 bits per heavy atom. The van der Waals surface area contributed by atoms with Gasteiger partial charge < -0.3 is 20.5 Å². The van der Waals surface area contributed by atoms with Gasteiger partial charge in [-0.2, -0.15) is 0 Å². The number of anilines is 1. The van der Waals surface area contributed by atoms with E-state index in [-0.39, 0.29) is 10.8 Å². The smallest absolute Gasteiger partial charge is 0.248 e. The third-order valence-corrected chi connectivity index (χ3v) is 8.58. The molecule has 1 heterocycles. The average Bonchev–Trinajstić information content (AvgIpc) is 2.98. The number of aliphatic hydroxyl groups excluding tert-OH is 1. The summed E-state index contributed by atoms with van der Waals surface area (Å²) in [7, 11) is 0. The highest BCUT2D eigenvalue weighted by molar-refractivity contribution is 5.94. The summed E-state index contributed by atoms with van der Waals surface area (Å²) in [6, 6.07) is 14.3. The Morgan fingerprint density at radius 3 is 2.88 bits per heavy atom. The standard InChI is InChI=1S/C28H34N2O3/c1-3-25(31)27(2)14-12-21(27)16-30-17-28(13-6-8-19-7-4-5-9-22(19)28)18-33-24-11-10-20(26(29)32)15-23(24)30/h3-5,7,9-11,15,21,25,31H,1,6,8,12-14,16-18H2,2H3,(H2,29,32)/t21-,25+,27+,28?/m1/s1. The number of carbonyl (C=O) groups is 1. The minimum atomic E-state index is -0.528. The zero-order valence-corrected chi connectivity index (χ0v) is 19.4. The zero-order valence-electron chi connectivity index (χ0n) is 19.4. The number of nitrogens with two attached hydrogens (primary N) is 1. The molecule has 0 radical (unpaired) electrons. The Labute approximate surface area is 196 Å². The Balaban J connectivity index is 1.56. The second-order valence-corrected chi connectivity index (χ2v) is 10.4. The predicted octanol–water partition coefficient (Wildman–Crippen LogP) is 4.22. The third kappa shape index (κ3) is 3.63. The van der Waals surface area contributed by atoms with Crippen LogP contribution in [-0.2, 0) is 11.8 Å². The van der Waals surface area contributed by atoms with E-state index in [4.69, 9.17) is 10.5 Å². The highest BCUT2D eigenvalue weighted by Crippen LogP contribution is 2.51. The molecule has 174 valence electrons. The minimum absolute atomic E-state index is 0.113. The van der Waals surface area contributed by atoms with Crippen molar-refractivity contribution in [2.24, 2.45) is 17.1 Å². The van der Waals surface area contributed by atoms with Gasteiger partial charge in [0.2, 0.25) is 5.91 Å². The highest BCUT2D eigenvalue weighted by Gasteiger charge is 2.49. The molecule has 4 atom stereocenters. The zero-order chi connectivity index (χ0) is 23.2. The number of hydrogen-bond donors (Lipinski definition) is 2. The van der Waals surface area contributed by atoms with E-state index in [1.165, 1.54) is 11.1 Å². The summed E-state index contributed by atoms with van der Waals surface area (Å²) in [6.07, 6.45) is 6.48. The largest absolute Gasteiger partial charge is 0.490 e. The molecule has 5 nitrogen and oxygen atoms in total. The molecule has 5 heteroatoms. The molecule has 33 heavy (non-hydrogen) atoms. The number of carbonyl (C=O) groups excluding carboxylic acids is 1. The lowest BCUT2D eigenvalue weighted by Crippen LogP contribution is -2.53. The Kier molecular flexibility index (Phi) is 5.48. The van der Waals surface area contributed by atoms with Crippen LogP contribution in [0.4, 0.5) is 5.69 Å². The third-order valence-electron chi connectivity index (χ3n) is 8.58. The normalized spacial score (nSPS) is 29.2. The molecule has 2 aromatic carbocycles. The molecule has 1 aliphatic heterocycles. The molecule has 1 amide bonds. The van der Waals surface area contributed by atoms with Crippen molar-refractivity contribution >= 4 is 11.6 Å². The first-order chi connectivity index (χ1) is 15.9. The van der Waals surface area contributed by atoms with Gasteiger partial charge in [0.1, 0.15) is 5.75 Å². The first-order valence-electron chi connectivity index (χ1n) is 12.1. The minimum Gasteiger partial charge on any atom is -0.490 e. The molecular formula is C28H34N2O3. The maximum absolute atomic E-state index is 12.0. The van der Waals surface area contributed by atoms with Crippen molar-refractivity contribution in [3.63, 3.8) is 0 Å². The monoisotopic (exact) mass is 446 g/mol. The molecule has 3 aliphatic rings. The Bertz CT molecular complexity index is 1080. The molecule has 3 N–H and O–H groups in total. The van der Waals surface area contributed by atoms with E-state index in [0.717, 1.165) is 56.6 Å². The molecule has 1 spiro atoms. The van der Waals surface area contributed by atoms with E-state index in [2.05, 4.69) is 42.7 Å². The van der Waals surface area contributed by atoms with Crippen molar-refractivity contribution in [3.05, 3.63) is 71.8 Å². The van der Waals surface area contributed by atoms with Gasteiger partial charge in [0, 0.05) is 29.5 Å². The van der Waals surface area contributed by atoms with Crippen LogP contribution < -0.4 is 15.4 Å². The number of aryl methyl sites for hydroxylation is 1. The average molecular weight is 447 g/mol. The molecule has 2 aromatic rings. The van der Waals surface area contributed by atoms with Gasteiger partial charge in [0.05, 0.1) is 18.4 Å². The molecule has 5 rings (SSSR count). The molecule has 0 aromatic heterocycles. The molecule has 1 unspecified atom stereocenters. The summed E-state index contributed by atoms with van der Waals surface area (Å²) in [6.45, 7) is 8.21. The van der Waals surface area contributed by atoms with Crippen LogP contribution in [0.5, 0.6) is 5.75 Å². The molecule has 0 bridgehead atoms. The van der Waals surface area contributed by atoms with Crippen molar-refractivity contribution in [1.82, 2.24) is 0 Å². The summed E-state index contributed by atoms with van der Waals surface area (Å²) in [5.74, 6) is 0.685. The number of fused-ring (bicyclic) bond motifs is 3. The van der Waals surface area contributed by atoms with E-state index in [0.29, 0.717) is 18.1 Å². The summed E-state index contributed by atoms with van der Waals surface area (Å²) in [5.41, 5.74) is 9.53. The van der Waals surface area contributed by atoms with Crippen LogP contribution in [0.3, 0.4) is 0 Å². The lowest BCUT2D eigenvalue weighted by molar-refractivity contribution is -0.0466. The highest BCUT2D eigenvalue weighted by atomic mass is 16.5. The quantitative estimate of drug-likeness (QED) is 0.675. The van der Waals surface area contributed by atoms with Crippen molar-refractivity contribution < 1.29 is 14.6 Å². The molecule has 2 aliphatic carbocycles. The van der Waals surface area contributed by atoms with Gasteiger partial charge in [-0.3, -0.25) is 4.79 Å². The van der Waals surface area contributed by atoms with E-state index >= 15 is 0 Å². The maximum Gasteiger partial charge on any atom is 0.248 e. The summed E-state index contributed by atoms with van der Waals surface area (Å²) in [4.78, 5) is 14.4. The lowest BCUT2D eigenvalue weighted by Gasteiger charge is -2.52. The van der Waals surface area contributed by atoms with Crippen LogP contribution in [0.15, 0.2) is 55.1 Å². The summed E-state index contributed by atoms with van der Waals surface area (Å²) >= 11 is 0. The van der Waals surface area contributed by atoms with Gasteiger partial charge in [-0.25, -0.2) is 0 Å². The summed E-state index contributed by atoms with van der Waals surface area (Å²) < 4.78 is 6.46. The van der Waals surface area contributed by atoms with Gasteiger partial charge in [-0.05, 0) is 67.3 Å². The predicted molar refractivity (Wildman–Crippen MR) is 131 cm³/mol. The van der Waals surface area contributed by atoms with Gasteiger partial charge in [0.25, 0.3) is 0 Å². The number of ether oxygens (including phenoxy) is 1. The number of nitrogens with zero attached hydrogens (tertiary/aromatic N) is 1. The lowest BCUT2D eigenvalue weighted by atomic mass is 9.58. The molecular weight excluding hydrogens is 412 g/mol. The SMILES string of the molecule is C=C[C@H](O)[C@@]1(C)CC[C@@H]1CN1CC2(CCCc3ccccc32)COc2ccc(C(N)=O)cc21. The Morgan fingerprint density at radius 2 is 2.15 bits per heavy atom. The van der Waals surface area contributed by atoms with Gasteiger partial charge >= 0.3 is 0 Å². The van der Waals surface area contributed by atoms with Crippen LogP contribution in [0, 0.1) is 11.3 Å². The second-order valence-electron chi connectivity index (χ2n) is 10.4. The van der Waals surface area contributed by atoms with Crippen molar-refractivity contribution in [2.45, 2.75) is 50.5 Å². The Hall–Kier alpha value is -2.79. The van der Waals surface area contributed by atoms with Crippen molar-refractivity contribution in [2.75, 3.05) is 24.6 Å². The fourth-order valence-corrected chi connectivity index (χ4v) is 6.26. The van der Waals surface area contributed by atoms with Crippen LogP contribution in [-0.4, -0.2) is 36.8 Å². The molecule has 1 fully saturated rings. The van der Waals surface area contributed by atoms with E-state index in [1.807, 2.05) is 12.1 Å². The first-order valence-corrected chi connectivity index (χ1v) is 12.1. The van der Waals surface area contributed by atoms with Crippen molar-refractivity contribution in [1.29, 1.82) is 0 Å². The number of hydrogen-bond acceptors (Lipinski definition) is 4. The van der Waals surface area contributed by atoms with E-state index in [1.54, 1.807) is 12.1 Å². The molecule has 1 saturated carbocycles. The number of rotatable bonds is 5. The van der Waals surface area contributed by atoms with Crippen LogP contribution in [0.2, 0.25) is 0 Å². The van der Waals surface area contributed by atoms with Gasteiger partial charge in [-0.15, -0.1) is 6.58 Å². The second kappa shape index (κ2) is 8.21. The number of benzene rings is 2. The van der Waals surface area contributed by atoms with Crippen molar-refractivity contribution in [3.8, 4) is 5.75 Å². The summed E-state index contributed by atoms with van der Waals surface area (Å²) in [5, 5.41) is 10.7. The first kappa shape index (κ1) is 22.0. The fraction of sp³-hybridized carbons (Fsp3) is 0.464. The van der Waals surface area contributed by atoms with Crippen LogP contribution in [0.25, 0.3) is 0 Å².